The van der Waals surface area contributed by atoms with Crippen LogP contribution in [0, 0.1) is 0 Å². The number of aromatic nitrogens is 1. The quantitative estimate of drug-likeness (QED) is 0.684. The molecule has 2 aromatic rings. The zero-order chi connectivity index (χ0) is 16.0. The molecule has 0 aliphatic carbocycles. The van der Waals surface area contributed by atoms with Crippen molar-refractivity contribution >= 4 is 22.6 Å². The van der Waals surface area contributed by atoms with Crippen LogP contribution in [0.5, 0.6) is 5.75 Å². The molecule has 0 saturated carbocycles. The van der Waals surface area contributed by atoms with Crippen LogP contribution in [0.3, 0.4) is 0 Å². The minimum Gasteiger partial charge on any atom is -0.495 e. The number of hydrogen-bond acceptors (Lipinski definition) is 3. The number of methoxy groups -OCH3 is 1. The summed E-state index contributed by atoms with van der Waals surface area (Å²) < 4.78 is 13.1. The van der Waals surface area contributed by atoms with Gasteiger partial charge in [0.1, 0.15) is 23.7 Å². The highest BCUT2D eigenvalue weighted by Crippen LogP contribution is 2.33. The highest BCUT2D eigenvalue weighted by molar-refractivity contribution is 6.10. The molecule has 0 atom stereocenters. The zero-order valence-corrected chi connectivity index (χ0v) is 13.3. The summed E-state index contributed by atoms with van der Waals surface area (Å²) in [5.41, 5.74) is 4.56. The molecule has 23 heavy (non-hydrogen) atoms. The molecule has 1 N–H and O–H groups in total. The van der Waals surface area contributed by atoms with Crippen LogP contribution in [-0.2, 0) is 16.0 Å². The molecule has 2 aliphatic heterocycles. The number of esters is 1. The number of hydrogen-bond donors (Lipinski definition) is 1. The molecule has 4 rings (SSSR count). The van der Waals surface area contributed by atoms with Crippen LogP contribution in [0.15, 0.2) is 30.0 Å². The molecule has 0 fully saturated rings. The molecule has 3 heterocycles. The van der Waals surface area contributed by atoms with Gasteiger partial charge in [-0.2, -0.15) is 0 Å². The summed E-state index contributed by atoms with van der Waals surface area (Å²) in [6.45, 7) is 3.30. The van der Waals surface area contributed by atoms with Gasteiger partial charge >= 0.3 is 5.97 Å². The van der Waals surface area contributed by atoms with Gasteiger partial charge in [-0.3, -0.25) is 4.79 Å². The van der Waals surface area contributed by atoms with Gasteiger partial charge in [-0.25, -0.2) is 4.58 Å². The van der Waals surface area contributed by atoms with E-state index in [0.717, 1.165) is 54.4 Å². The topological polar surface area (TPSA) is 54.3 Å². The van der Waals surface area contributed by atoms with Crippen LogP contribution in [0.4, 0.5) is 0 Å². The second-order valence-corrected chi connectivity index (χ2v) is 5.94. The third kappa shape index (κ3) is 2.23. The van der Waals surface area contributed by atoms with Gasteiger partial charge in [-0.15, -0.1) is 0 Å². The van der Waals surface area contributed by atoms with E-state index in [1.54, 1.807) is 7.11 Å². The number of para-hydroxylation sites is 1. The second-order valence-electron chi connectivity index (χ2n) is 5.94. The van der Waals surface area contributed by atoms with Crippen molar-refractivity contribution in [1.82, 2.24) is 4.98 Å². The first-order valence-electron chi connectivity index (χ1n) is 7.86. The Balaban J connectivity index is 1.87. The molecule has 0 radical (unpaired) electrons. The Kier molecular flexibility index (Phi) is 3.22. The fourth-order valence-electron chi connectivity index (χ4n) is 3.55. The lowest BCUT2D eigenvalue weighted by Gasteiger charge is -2.19. The second kappa shape index (κ2) is 5.26. The molecule has 1 aromatic carbocycles. The summed E-state index contributed by atoms with van der Waals surface area (Å²) in [5, 5.41) is 1.21. The monoisotopic (exact) mass is 311 g/mol. The van der Waals surface area contributed by atoms with Crippen molar-refractivity contribution in [3.63, 3.8) is 0 Å². The lowest BCUT2D eigenvalue weighted by molar-refractivity contribution is -0.529. The average Bonchev–Trinajstić information content (AvgIpc) is 2.93. The van der Waals surface area contributed by atoms with Crippen LogP contribution in [0.25, 0.3) is 10.9 Å². The fourth-order valence-corrected chi connectivity index (χ4v) is 3.55. The number of nitrogens with one attached hydrogen (secondary N) is 1. The van der Waals surface area contributed by atoms with Gasteiger partial charge in [-0.1, -0.05) is 12.1 Å². The molecular weight excluding hydrogens is 292 g/mol. The summed E-state index contributed by atoms with van der Waals surface area (Å²) in [5.74, 6) is 1.32. The van der Waals surface area contributed by atoms with Crippen molar-refractivity contribution in [2.24, 2.45) is 0 Å². The molecular formula is C18H19N2O3+. The summed E-state index contributed by atoms with van der Waals surface area (Å²) in [6, 6.07) is 6.12. The molecule has 0 spiro atoms. The first-order chi connectivity index (χ1) is 11.2. The minimum atomic E-state index is -0.264. The third-order valence-electron chi connectivity index (χ3n) is 4.55. The molecule has 1 aromatic heterocycles. The fraction of sp³-hybridized carbons (Fsp3) is 0.333. The Hall–Kier alpha value is -2.56. The van der Waals surface area contributed by atoms with Gasteiger partial charge in [0.15, 0.2) is 6.54 Å². The molecule has 2 aliphatic rings. The van der Waals surface area contributed by atoms with Crippen LogP contribution in [-0.4, -0.2) is 41.4 Å². The summed E-state index contributed by atoms with van der Waals surface area (Å²) >= 11 is 0. The Morgan fingerprint density at radius 2 is 2.09 bits per heavy atom. The van der Waals surface area contributed by atoms with E-state index in [2.05, 4.69) is 15.6 Å². The van der Waals surface area contributed by atoms with Crippen molar-refractivity contribution < 1.29 is 18.8 Å². The van der Waals surface area contributed by atoms with Crippen LogP contribution in [0.2, 0.25) is 0 Å². The van der Waals surface area contributed by atoms with Gasteiger partial charge in [0, 0.05) is 18.7 Å². The number of ether oxygens (including phenoxy) is 2. The van der Waals surface area contributed by atoms with Gasteiger partial charge < -0.3 is 14.5 Å². The normalized spacial score (nSPS) is 16.7. The maximum atomic E-state index is 11.2. The number of nitrogens with zero attached hydrogens (tertiary/aromatic N) is 1. The van der Waals surface area contributed by atoms with E-state index in [1.807, 2.05) is 18.2 Å². The summed E-state index contributed by atoms with van der Waals surface area (Å²) in [7, 11) is 1.69. The van der Waals surface area contributed by atoms with Crippen LogP contribution in [0.1, 0.15) is 24.6 Å². The molecule has 0 bridgehead atoms. The maximum absolute atomic E-state index is 11.2. The smallest absolute Gasteiger partial charge is 0.307 e. The average molecular weight is 311 g/mol. The number of benzene rings is 1. The van der Waals surface area contributed by atoms with E-state index in [0.29, 0.717) is 0 Å². The van der Waals surface area contributed by atoms with E-state index in [9.17, 15) is 4.79 Å². The maximum Gasteiger partial charge on any atom is 0.307 e. The number of carbonyl (C=O) groups excluding carboxylic acids is 1. The Morgan fingerprint density at radius 1 is 1.26 bits per heavy atom. The first kappa shape index (κ1) is 14.1. The third-order valence-corrected chi connectivity index (χ3v) is 4.55. The zero-order valence-electron chi connectivity index (χ0n) is 13.3. The number of H-pyrrole nitrogens is 1. The first-order valence-corrected chi connectivity index (χ1v) is 7.86. The lowest BCUT2D eigenvalue weighted by atomic mass is 9.98. The largest absolute Gasteiger partial charge is 0.495 e. The number of allylic oxidation sites excluding steroid dienone is 1. The van der Waals surface area contributed by atoms with Crippen molar-refractivity contribution in [3.05, 3.63) is 41.3 Å². The highest BCUT2D eigenvalue weighted by Gasteiger charge is 2.32. The lowest BCUT2D eigenvalue weighted by Crippen LogP contribution is -2.33. The predicted octanol–water partition coefficient (Wildman–Crippen LogP) is 2.38. The van der Waals surface area contributed by atoms with Crippen molar-refractivity contribution in [3.8, 4) is 5.75 Å². The van der Waals surface area contributed by atoms with Crippen LogP contribution >= 0.6 is 0 Å². The number of rotatable bonds is 2. The van der Waals surface area contributed by atoms with Crippen molar-refractivity contribution in [2.75, 3.05) is 20.2 Å². The van der Waals surface area contributed by atoms with E-state index >= 15 is 0 Å². The molecule has 0 unspecified atom stereocenters. The number of fused-ring (bicyclic) bond motifs is 4. The molecule has 0 amide bonds. The van der Waals surface area contributed by atoms with Crippen molar-refractivity contribution in [1.29, 1.82) is 0 Å². The molecule has 5 nitrogen and oxygen atoms in total. The highest BCUT2D eigenvalue weighted by atomic mass is 16.5. The van der Waals surface area contributed by atoms with Gasteiger partial charge in [0.25, 0.3) is 0 Å². The van der Waals surface area contributed by atoms with Crippen molar-refractivity contribution in [2.45, 2.75) is 19.8 Å². The van der Waals surface area contributed by atoms with Gasteiger partial charge in [0.05, 0.1) is 25.1 Å². The molecule has 118 valence electrons. The van der Waals surface area contributed by atoms with E-state index in [1.165, 1.54) is 17.9 Å². The summed E-state index contributed by atoms with van der Waals surface area (Å²) in [4.78, 5) is 14.8. The number of carbonyl (C=O) groups is 1. The van der Waals surface area contributed by atoms with Crippen LogP contribution < -0.4 is 4.74 Å². The standard InChI is InChI=1S/C18H18N2O3/c1-11(21)23-12-6-8-20-9-7-14-13-4-3-5-16(22-2)18(13)19-17(14)15(20)10-12/h3-5,10H,6-9H2,1-2H3/p+1. The number of aromatic amines is 1. The minimum absolute atomic E-state index is 0.264. The molecule has 5 heteroatoms. The van der Waals surface area contributed by atoms with Gasteiger partial charge in [-0.05, 0) is 11.6 Å². The van der Waals surface area contributed by atoms with Gasteiger partial charge in [0.2, 0.25) is 5.71 Å². The SMILES string of the molecule is COc1cccc2c3c([nH]c12)C1=[N+](CCC(OC(C)=O)=C1)CC3. The predicted molar refractivity (Wildman–Crippen MR) is 87.1 cm³/mol. The van der Waals surface area contributed by atoms with E-state index < -0.39 is 0 Å². The Labute approximate surface area is 134 Å². The Morgan fingerprint density at radius 3 is 2.87 bits per heavy atom. The van der Waals surface area contributed by atoms with E-state index in [-0.39, 0.29) is 5.97 Å². The summed E-state index contributed by atoms with van der Waals surface area (Å²) in [6.07, 6.45) is 3.76. The van der Waals surface area contributed by atoms with E-state index in [4.69, 9.17) is 9.47 Å². The Bertz CT molecular complexity index is 874. The molecule has 0 saturated heterocycles.